The van der Waals surface area contributed by atoms with Crippen molar-refractivity contribution in [2.45, 2.75) is 46.1 Å². The van der Waals surface area contributed by atoms with Crippen LogP contribution >= 0.6 is 0 Å². The molecule has 2 aliphatic rings. The normalized spacial score (nSPS) is 21.4. The summed E-state index contributed by atoms with van der Waals surface area (Å²) in [6.45, 7) is 6.98. The Labute approximate surface area is 193 Å². The molecule has 1 amide bonds. The predicted molar refractivity (Wildman–Crippen MR) is 123 cm³/mol. The summed E-state index contributed by atoms with van der Waals surface area (Å²) in [7, 11) is 0. The van der Waals surface area contributed by atoms with E-state index < -0.39 is 0 Å². The van der Waals surface area contributed by atoms with Gasteiger partial charge in [0.2, 0.25) is 0 Å². The number of aromatic nitrogens is 5. The Morgan fingerprint density at radius 2 is 1.76 bits per heavy atom. The Hall–Kier alpha value is -3.42. The fraction of sp³-hybridized carbons (Fsp3) is 0.440. The molecule has 1 saturated heterocycles. The van der Waals surface area contributed by atoms with Crippen LogP contribution in [0.3, 0.4) is 0 Å². The predicted octanol–water partition coefficient (Wildman–Crippen LogP) is 3.57. The van der Waals surface area contributed by atoms with Crippen molar-refractivity contribution in [2.24, 2.45) is 11.8 Å². The van der Waals surface area contributed by atoms with Crippen LogP contribution in [-0.4, -0.2) is 54.9 Å². The number of fused-ring (bicyclic) bond motifs is 1. The van der Waals surface area contributed by atoms with Gasteiger partial charge in [0.25, 0.3) is 5.91 Å². The number of piperidine rings is 1. The number of rotatable bonds is 6. The maximum Gasteiger partial charge on any atom is 0.316 e. The average Bonchev–Trinajstić information content (AvgIpc) is 3.56. The molecule has 4 heterocycles. The van der Waals surface area contributed by atoms with Gasteiger partial charge in [-0.05, 0) is 69.7 Å². The van der Waals surface area contributed by atoms with Crippen molar-refractivity contribution in [3.05, 3.63) is 59.4 Å². The van der Waals surface area contributed by atoms with Gasteiger partial charge in [0.05, 0.1) is 12.2 Å². The summed E-state index contributed by atoms with van der Waals surface area (Å²) in [5.74, 6) is 1.76. The van der Waals surface area contributed by atoms with Crippen molar-refractivity contribution in [2.75, 3.05) is 13.2 Å². The highest BCUT2D eigenvalue weighted by molar-refractivity contribution is 5.98. The first kappa shape index (κ1) is 21.4. The lowest BCUT2D eigenvalue weighted by Gasteiger charge is -2.35. The van der Waals surface area contributed by atoms with Gasteiger partial charge in [-0.2, -0.15) is 0 Å². The topological polar surface area (TPSA) is 94.0 Å². The van der Waals surface area contributed by atoms with Crippen molar-refractivity contribution in [3.63, 3.8) is 0 Å². The van der Waals surface area contributed by atoms with Crippen molar-refractivity contribution in [3.8, 4) is 17.4 Å². The molecule has 3 aromatic heterocycles. The van der Waals surface area contributed by atoms with Crippen LogP contribution in [0.1, 0.15) is 46.8 Å². The van der Waals surface area contributed by atoms with Crippen molar-refractivity contribution >= 4 is 5.91 Å². The van der Waals surface area contributed by atoms with Crippen LogP contribution in [0.15, 0.2) is 36.7 Å². The Morgan fingerprint density at radius 3 is 2.52 bits per heavy atom. The molecule has 1 aliphatic carbocycles. The zero-order valence-corrected chi connectivity index (χ0v) is 19.2. The van der Waals surface area contributed by atoms with Gasteiger partial charge in [0.15, 0.2) is 5.82 Å². The van der Waals surface area contributed by atoms with Gasteiger partial charge in [-0.1, -0.05) is 0 Å². The Balaban J connectivity index is 1.36. The number of hydrogen-bond donors (Lipinski definition) is 0. The van der Waals surface area contributed by atoms with E-state index in [-0.39, 0.29) is 11.9 Å². The first-order valence-electron chi connectivity index (χ1n) is 11.5. The van der Waals surface area contributed by atoms with Gasteiger partial charge >= 0.3 is 6.01 Å². The van der Waals surface area contributed by atoms with Crippen LogP contribution in [0.5, 0.6) is 6.01 Å². The highest BCUT2D eigenvalue weighted by Crippen LogP contribution is 2.48. The molecular formula is C25H28N6O2. The standard InChI is InChI=1S/C25H28N6O2/c1-15-5-6-21(23-26-8-4-9-27-23)22(28-15)24(32)31-14-19-12-18(19)13-20(31)7-10-33-25-29-16(2)11-17(3)30-25/h4-6,8-9,11,18-20H,7,10,12-14H2,1-3H3/t18-,19+,20-/m1/s1. The van der Waals surface area contributed by atoms with Crippen LogP contribution < -0.4 is 4.74 Å². The zero-order chi connectivity index (χ0) is 22.9. The van der Waals surface area contributed by atoms with Gasteiger partial charge in [0.1, 0.15) is 5.69 Å². The quantitative estimate of drug-likeness (QED) is 0.574. The summed E-state index contributed by atoms with van der Waals surface area (Å²) in [5.41, 5.74) is 3.65. The summed E-state index contributed by atoms with van der Waals surface area (Å²) >= 11 is 0. The Bertz CT molecular complexity index is 1150. The zero-order valence-electron chi connectivity index (χ0n) is 19.2. The third-order valence-electron chi connectivity index (χ3n) is 6.46. The molecule has 3 atom stereocenters. The maximum atomic E-state index is 13.8. The first-order valence-corrected chi connectivity index (χ1v) is 11.5. The third kappa shape index (κ3) is 4.69. The SMILES string of the molecule is Cc1cc(C)nc(OCC[C@@H]2C[C@H]3C[C@H]3CN2C(=O)c2nc(C)ccc2-c2ncccn2)n1. The molecule has 0 radical (unpaired) electrons. The summed E-state index contributed by atoms with van der Waals surface area (Å²) in [6, 6.07) is 7.97. The molecule has 0 bridgehead atoms. The van der Waals surface area contributed by atoms with Gasteiger partial charge in [-0.3, -0.25) is 4.79 Å². The van der Waals surface area contributed by atoms with Gasteiger partial charge in [-0.25, -0.2) is 24.9 Å². The van der Waals surface area contributed by atoms with Crippen molar-refractivity contribution < 1.29 is 9.53 Å². The minimum absolute atomic E-state index is 0.0563. The number of carbonyl (C=O) groups is 1. The van der Waals surface area contributed by atoms with Crippen LogP contribution in [0.4, 0.5) is 0 Å². The molecule has 0 spiro atoms. The number of likely N-dealkylation sites (tertiary alicyclic amines) is 1. The van der Waals surface area contributed by atoms with E-state index in [0.29, 0.717) is 41.5 Å². The average molecular weight is 445 g/mol. The Morgan fingerprint density at radius 1 is 1.00 bits per heavy atom. The molecule has 170 valence electrons. The molecule has 0 N–H and O–H groups in total. The first-order chi connectivity index (χ1) is 16.0. The molecule has 3 aromatic rings. The second-order valence-corrected chi connectivity index (χ2v) is 9.09. The number of ether oxygens (including phenoxy) is 1. The van der Waals surface area contributed by atoms with E-state index in [2.05, 4.69) is 24.9 Å². The molecule has 2 fully saturated rings. The number of hydrogen-bond acceptors (Lipinski definition) is 7. The summed E-state index contributed by atoms with van der Waals surface area (Å²) in [4.78, 5) is 37.8. The highest BCUT2D eigenvalue weighted by Gasteiger charge is 2.47. The van der Waals surface area contributed by atoms with E-state index >= 15 is 0 Å². The second-order valence-electron chi connectivity index (χ2n) is 9.09. The number of carbonyl (C=O) groups excluding carboxylic acids is 1. The lowest BCUT2D eigenvalue weighted by Crippen LogP contribution is -2.46. The summed E-state index contributed by atoms with van der Waals surface area (Å²) in [6.07, 6.45) is 6.28. The minimum Gasteiger partial charge on any atom is -0.463 e. The fourth-order valence-corrected chi connectivity index (χ4v) is 4.74. The molecular weight excluding hydrogens is 416 g/mol. The van der Waals surface area contributed by atoms with E-state index in [1.54, 1.807) is 18.5 Å². The molecule has 1 saturated carbocycles. The largest absolute Gasteiger partial charge is 0.463 e. The van der Waals surface area contributed by atoms with Crippen LogP contribution in [0, 0.1) is 32.6 Å². The highest BCUT2D eigenvalue weighted by atomic mass is 16.5. The fourth-order valence-electron chi connectivity index (χ4n) is 4.74. The maximum absolute atomic E-state index is 13.8. The van der Waals surface area contributed by atoms with E-state index in [4.69, 9.17) is 4.74 Å². The monoisotopic (exact) mass is 444 g/mol. The third-order valence-corrected chi connectivity index (χ3v) is 6.46. The molecule has 33 heavy (non-hydrogen) atoms. The molecule has 8 heteroatoms. The van der Waals surface area contributed by atoms with E-state index in [0.717, 1.165) is 36.5 Å². The lowest BCUT2D eigenvalue weighted by atomic mass is 9.98. The van der Waals surface area contributed by atoms with Crippen LogP contribution in [-0.2, 0) is 0 Å². The van der Waals surface area contributed by atoms with Crippen LogP contribution in [0.25, 0.3) is 11.4 Å². The molecule has 1 aliphatic heterocycles. The number of nitrogens with zero attached hydrogens (tertiary/aromatic N) is 6. The molecule has 5 rings (SSSR count). The lowest BCUT2D eigenvalue weighted by molar-refractivity contribution is 0.0559. The summed E-state index contributed by atoms with van der Waals surface area (Å²) < 4.78 is 5.87. The van der Waals surface area contributed by atoms with Gasteiger partial charge in [-0.15, -0.1) is 0 Å². The van der Waals surface area contributed by atoms with Gasteiger partial charge < -0.3 is 9.64 Å². The van der Waals surface area contributed by atoms with Crippen molar-refractivity contribution in [1.82, 2.24) is 29.8 Å². The molecule has 0 unspecified atom stereocenters. The number of amides is 1. The molecule has 8 nitrogen and oxygen atoms in total. The minimum atomic E-state index is -0.0563. The summed E-state index contributed by atoms with van der Waals surface area (Å²) in [5, 5.41) is 0. The number of pyridine rings is 1. The van der Waals surface area contributed by atoms with E-state index in [9.17, 15) is 4.79 Å². The smallest absolute Gasteiger partial charge is 0.316 e. The molecule has 0 aromatic carbocycles. The van der Waals surface area contributed by atoms with E-state index in [1.165, 1.54) is 6.42 Å². The second kappa shape index (κ2) is 8.84. The number of aryl methyl sites for hydroxylation is 3. The van der Waals surface area contributed by atoms with Crippen LogP contribution in [0.2, 0.25) is 0 Å². The van der Waals surface area contributed by atoms with E-state index in [1.807, 2.05) is 43.9 Å². The van der Waals surface area contributed by atoms with Crippen molar-refractivity contribution in [1.29, 1.82) is 0 Å². The van der Waals surface area contributed by atoms with Gasteiger partial charge in [0, 0.05) is 48.5 Å². The Kier molecular flexibility index (Phi) is 5.74.